The highest BCUT2D eigenvalue weighted by Gasteiger charge is 2.36. The molecule has 0 saturated carbocycles. The largest absolute Gasteiger partial charge is 0.416 e. The van der Waals surface area contributed by atoms with Gasteiger partial charge in [0.15, 0.2) is 5.69 Å². The van der Waals surface area contributed by atoms with Crippen molar-refractivity contribution in [3.05, 3.63) is 105 Å². The van der Waals surface area contributed by atoms with E-state index in [-0.39, 0.29) is 49.3 Å². The number of aromatic nitrogens is 2. The molecule has 5 rings (SSSR count). The third-order valence-corrected chi connectivity index (χ3v) is 6.73. The number of nitriles is 1. The summed E-state index contributed by atoms with van der Waals surface area (Å²) in [6, 6.07) is 7.23. The lowest BCUT2D eigenvalue weighted by Crippen LogP contribution is -2.21. The van der Waals surface area contributed by atoms with E-state index >= 15 is 0 Å². The Bertz CT molecular complexity index is 1810. The lowest BCUT2D eigenvalue weighted by molar-refractivity contribution is -0.137. The Morgan fingerprint density at radius 3 is 2.48 bits per heavy atom. The molecule has 2 heterocycles. The molecule has 15 heteroatoms. The molecule has 2 N–H and O–H groups in total. The van der Waals surface area contributed by atoms with Crippen molar-refractivity contribution < 1.29 is 40.3 Å². The summed E-state index contributed by atoms with van der Waals surface area (Å²) in [5.41, 5.74) is -3.33. The Labute approximate surface area is 236 Å². The van der Waals surface area contributed by atoms with Gasteiger partial charge in [0.2, 0.25) is 0 Å². The highest BCUT2D eigenvalue weighted by molar-refractivity contribution is 6.31. The van der Waals surface area contributed by atoms with Crippen LogP contribution >= 0.6 is 11.6 Å². The molecule has 0 aliphatic carbocycles. The Kier molecular flexibility index (Phi) is 7.15. The molecule has 0 radical (unpaired) electrons. The van der Waals surface area contributed by atoms with Crippen LogP contribution in [0, 0.1) is 23.0 Å². The fraction of sp³-hybridized carbons (Fsp3) is 0.111. The number of carbonyl (C=O) groups excluding carboxylic acids is 2. The number of fused-ring (bicyclic) bond motifs is 1. The van der Waals surface area contributed by atoms with Gasteiger partial charge in [-0.15, -0.1) is 0 Å². The normalized spacial score (nSPS) is 14.5. The fourth-order valence-electron chi connectivity index (χ4n) is 4.57. The monoisotopic (exact) mass is 607 g/mol. The maximum absolute atomic E-state index is 14.1. The van der Waals surface area contributed by atoms with E-state index in [1.54, 1.807) is 6.07 Å². The van der Waals surface area contributed by atoms with Gasteiger partial charge < -0.3 is 10.6 Å². The smallest absolute Gasteiger partial charge is 0.341 e. The van der Waals surface area contributed by atoms with E-state index in [9.17, 15) is 45.6 Å². The van der Waals surface area contributed by atoms with Gasteiger partial charge in [-0.05, 0) is 54.1 Å². The zero-order valence-electron chi connectivity index (χ0n) is 20.5. The standard InChI is InChI=1S/C27H13ClF7N5O2/c28-19-2-1-14(29)8-16(19)23-22-17(25(42)39-23)5-11(18-10-37-40(26(31)32)21(18)9-36)6-20(22)38-24(41)12-3-13(27(33,34)35)7-15(30)4-12/h1-8,10,23,26H,(H,38,41)(H,39,42). The lowest BCUT2D eigenvalue weighted by atomic mass is 9.92. The van der Waals surface area contributed by atoms with E-state index in [1.807, 2.05) is 0 Å². The first-order valence-electron chi connectivity index (χ1n) is 11.7. The molecule has 4 aromatic rings. The summed E-state index contributed by atoms with van der Waals surface area (Å²) < 4.78 is 94.9. The minimum Gasteiger partial charge on any atom is -0.341 e. The molecule has 42 heavy (non-hydrogen) atoms. The molecule has 1 unspecified atom stereocenters. The van der Waals surface area contributed by atoms with Crippen LogP contribution in [0.2, 0.25) is 5.02 Å². The van der Waals surface area contributed by atoms with Gasteiger partial charge >= 0.3 is 12.7 Å². The molecule has 0 fully saturated rings. The van der Waals surface area contributed by atoms with Crippen LogP contribution in [-0.2, 0) is 6.18 Å². The Hall–Kier alpha value is -4.90. The number of hydrogen-bond acceptors (Lipinski definition) is 4. The van der Waals surface area contributed by atoms with Gasteiger partial charge in [0.1, 0.15) is 17.7 Å². The van der Waals surface area contributed by atoms with E-state index < -0.39 is 59.0 Å². The third-order valence-electron chi connectivity index (χ3n) is 6.39. The van der Waals surface area contributed by atoms with Crippen LogP contribution in [0.5, 0.6) is 0 Å². The number of nitrogens with zero attached hydrogens (tertiary/aromatic N) is 3. The van der Waals surface area contributed by atoms with E-state index in [0.717, 1.165) is 24.4 Å². The molecule has 3 aromatic carbocycles. The number of benzene rings is 3. The summed E-state index contributed by atoms with van der Waals surface area (Å²) in [6.45, 7) is -3.19. The molecule has 1 aliphatic rings. The minimum absolute atomic E-state index is 0.00296. The molecule has 0 spiro atoms. The SMILES string of the molecule is N#Cc1c(-c2cc(NC(=O)c3cc(F)cc(C(F)(F)F)c3)c3c(c2)C(=O)NC3c2cc(F)ccc2Cl)cnn1C(F)F. The fourth-order valence-corrected chi connectivity index (χ4v) is 4.80. The average Bonchev–Trinajstić information content (AvgIpc) is 3.50. The topological polar surface area (TPSA) is 99.8 Å². The second-order valence-corrected chi connectivity index (χ2v) is 9.39. The summed E-state index contributed by atoms with van der Waals surface area (Å²) >= 11 is 6.25. The van der Waals surface area contributed by atoms with E-state index in [0.29, 0.717) is 12.1 Å². The maximum atomic E-state index is 14.1. The molecule has 7 nitrogen and oxygen atoms in total. The molecule has 1 aromatic heterocycles. The first-order valence-corrected chi connectivity index (χ1v) is 12.0. The highest BCUT2D eigenvalue weighted by atomic mass is 35.5. The number of rotatable bonds is 5. The van der Waals surface area contributed by atoms with Crippen molar-refractivity contribution in [1.29, 1.82) is 5.26 Å². The summed E-state index contributed by atoms with van der Waals surface area (Å²) in [5.74, 6) is -4.07. The van der Waals surface area contributed by atoms with Gasteiger partial charge in [-0.1, -0.05) is 11.6 Å². The second kappa shape index (κ2) is 10.5. The van der Waals surface area contributed by atoms with E-state index in [1.165, 1.54) is 12.1 Å². The predicted molar refractivity (Wildman–Crippen MR) is 134 cm³/mol. The number of halogens is 8. The van der Waals surface area contributed by atoms with Crippen LogP contribution in [0.1, 0.15) is 55.7 Å². The van der Waals surface area contributed by atoms with Gasteiger partial charge in [0.25, 0.3) is 11.8 Å². The Morgan fingerprint density at radius 1 is 1.07 bits per heavy atom. The predicted octanol–water partition coefficient (Wildman–Crippen LogP) is 6.85. The summed E-state index contributed by atoms with van der Waals surface area (Å²) in [7, 11) is 0. The van der Waals surface area contributed by atoms with Gasteiger partial charge in [-0.25, -0.2) is 8.78 Å². The van der Waals surface area contributed by atoms with Crippen LogP contribution < -0.4 is 10.6 Å². The first-order chi connectivity index (χ1) is 19.8. The van der Waals surface area contributed by atoms with Gasteiger partial charge in [0.05, 0.1) is 17.8 Å². The molecule has 2 amide bonds. The highest BCUT2D eigenvalue weighted by Crippen LogP contribution is 2.42. The molecule has 1 atom stereocenters. The van der Waals surface area contributed by atoms with E-state index in [4.69, 9.17) is 11.6 Å². The van der Waals surface area contributed by atoms with Gasteiger partial charge in [-0.3, -0.25) is 9.59 Å². The number of hydrogen-bond donors (Lipinski definition) is 2. The van der Waals surface area contributed by atoms with Crippen molar-refractivity contribution in [3.8, 4) is 17.2 Å². The first kappa shape index (κ1) is 28.6. The van der Waals surface area contributed by atoms with Crippen molar-refractivity contribution >= 4 is 29.1 Å². The van der Waals surface area contributed by atoms with Crippen LogP contribution in [0.25, 0.3) is 11.1 Å². The van der Waals surface area contributed by atoms with Crippen molar-refractivity contribution in [2.24, 2.45) is 0 Å². The molecule has 214 valence electrons. The van der Waals surface area contributed by atoms with Crippen LogP contribution in [0.15, 0.2) is 54.7 Å². The van der Waals surface area contributed by atoms with Crippen LogP contribution in [-0.4, -0.2) is 21.6 Å². The van der Waals surface area contributed by atoms with Gasteiger partial charge in [-0.2, -0.15) is 37.0 Å². The van der Waals surface area contributed by atoms with Crippen molar-refractivity contribution in [1.82, 2.24) is 15.1 Å². The number of anilines is 1. The number of amides is 2. The average molecular weight is 608 g/mol. The van der Waals surface area contributed by atoms with Crippen LogP contribution in [0.3, 0.4) is 0 Å². The zero-order chi connectivity index (χ0) is 30.5. The lowest BCUT2D eigenvalue weighted by Gasteiger charge is -2.19. The van der Waals surface area contributed by atoms with Crippen molar-refractivity contribution in [3.63, 3.8) is 0 Å². The van der Waals surface area contributed by atoms with Crippen molar-refractivity contribution in [2.45, 2.75) is 18.8 Å². The van der Waals surface area contributed by atoms with E-state index in [2.05, 4.69) is 15.7 Å². The molecule has 0 bridgehead atoms. The zero-order valence-corrected chi connectivity index (χ0v) is 21.3. The Morgan fingerprint density at radius 2 is 1.81 bits per heavy atom. The summed E-state index contributed by atoms with van der Waals surface area (Å²) in [6.07, 6.45) is -4.06. The molecular weight excluding hydrogens is 595 g/mol. The number of alkyl halides is 5. The van der Waals surface area contributed by atoms with Crippen LogP contribution in [0.4, 0.5) is 36.4 Å². The summed E-state index contributed by atoms with van der Waals surface area (Å²) in [5, 5.41) is 17.9. The molecule has 1 aliphatic heterocycles. The molecule has 0 saturated heterocycles. The molecular formula is C27H13ClF7N5O2. The minimum atomic E-state index is -4.98. The maximum Gasteiger partial charge on any atom is 0.416 e. The van der Waals surface area contributed by atoms with Crippen molar-refractivity contribution in [2.75, 3.05) is 5.32 Å². The number of carbonyl (C=O) groups is 2. The third kappa shape index (κ3) is 5.14. The number of nitrogens with one attached hydrogen (secondary N) is 2. The Balaban J connectivity index is 1.70. The quantitative estimate of drug-likeness (QED) is 0.242. The summed E-state index contributed by atoms with van der Waals surface area (Å²) in [4.78, 5) is 26.2. The van der Waals surface area contributed by atoms with Gasteiger partial charge in [0, 0.05) is 38.5 Å². The second-order valence-electron chi connectivity index (χ2n) is 8.98.